The second-order valence-electron chi connectivity index (χ2n) is 3.58. The van der Waals surface area contributed by atoms with Crippen LogP contribution in [0, 0.1) is 0 Å². The Morgan fingerprint density at radius 2 is 2.14 bits per heavy atom. The zero-order valence-corrected chi connectivity index (χ0v) is 8.03. The van der Waals surface area contributed by atoms with E-state index in [1.165, 1.54) is 11.1 Å². The molecule has 0 aromatic heterocycles. The zero-order valence-electron chi connectivity index (χ0n) is 8.03. The van der Waals surface area contributed by atoms with Crippen molar-refractivity contribution in [3.05, 3.63) is 41.5 Å². The van der Waals surface area contributed by atoms with E-state index in [0.717, 1.165) is 30.5 Å². The summed E-state index contributed by atoms with van der Waals surface area (Å²) in [5.74, 6) is 0. The van der Waals surface area contributed by atoms with Crippen molar-refractivity contribution < 1.29 is 5.21 Å². The number of fused-ring (bicyclic) bond motifs is 1. The van der Waals surface area contributed by atoms with E-state index in [-0.39, 0.29) is 0 Å². The number of nitrogens with zero attached hydrogens (tertiary/aromatic N) is 1. The van der Waals surface area contributed by atoms with Gasteiger partial charge in [-0.15, -0.1) is 0 Å². The molecular weight excluding hydrogens is 174 g/mol. The first-order chi connectivity index (χ1) is 6.83. The SMILES string of the molecule is C=Cc1ccc2c(c1)CC/C(=N\O)C2. The molecule has 14 heavy (non-hydrogen) atoms. The molecule has 0 radical (unpaired) electrons. The highest BCUT2D eigenvalue weighted by atomic mass is 16.4. The molecule has 0 amide bonds. The van der Waals surface area contributed by atoms with Crippen molar-refractivity contribution in [2.24, 2.45) is 5.16 Å². The van der Waals surface area contributed by atoms with Gasteiger partial charge in [0.15, 0.2) is 0 Å². The van der Waals surface area contributed by atoms with Crippen LogP contribution >= 0.6 is 0 Å². The molecular formula is C12H13NO. The van der Waals surface area contributed by atoms with E-state index in [4.69, 9.17) is 5.21 Å². The summed E-state index contributed by atoms with van der Waals surface area (Å²) in [5, 5.41) is 12.0. The van der Waals surface area contributed by atoms with Crippen LogP contribution in [0.25, 0.3) is 6.08 Å². The van der Waals surface area contributed by atoms with Crippen LogP contribution in [-0.4, -0.2) is 10.9 Å². The van der Waals surface area contributed by atoms with Gasteiger partial charge in [0.1, 0.15) is 0 Å². The fourth-order valence-corrected chi connectivity index (χ4v) is 1.85. The van der Waals surface area contributed by atoms with E-state index < -0.39 is 0 Å². The molecule has 2 heteroatoms. The first-order valence-electron chi connectivity index (χ1n) is 4.77. The average molecular weight is 187 g/mol. The lowest BCUT2D eigenvalue weighted by atomic mass is 9.89. The van der Waals surface area contributed by atoms with Crippen LogP contribution in [0.15, 0.2) is 29.9 Å². The van der Waals surface area contributed by atoms with Crippen LogP contribution in [0.4, 0.5) is 0 Å². The topological polar surface area (TPSA) is 32.6 Å². The zero-order chi connectivity index (χ0) is 9.97. The summed E-state index contributed by atoms with van der Waals surface area (Å²) in [7, 11) is 0. The lowest BCUT2D eigenvalue weighted by Gasteiger charge is -2.16. The third-order valence-corrected chi connectivity index (χ3v) is 2.68. The Morgan fingerprint density at radius 1 is 1.29 bits per heavy atom. The Morgan fingerprint density at radius 3 is 2.86 bits per heavy atom. The molecule has 0 unspecified atom stereocenters. The molecule has 1 N–H and O–H groups in total. The second kappa shape index (κ2) is 3.66. The molecule has 2 nitrogen and oxygen atoms in total. The van der Waals surface area contributed by atoms with Gasteiger partial charge in [-0.2, -0.15) is 0 Å². The molecule has 1 aliphatic carbocycles. The van der Waals surface area contributed by atoms with Gasteiger partial charge in [-0.1, -0.05) is 36.0 Å². The summed E-state index contributed by atoms with van der Waals surface area (Å²) in [4.78, 5) is 0. The monoisotopic (exact) mass is 187 g/mol. The molecule has 0 atom stereocenters. The number of rotatable bonds is 1. The van der Waals surface area contributed by atoms with Crippen LogP contribution in [0.1, 0.15) is 23.1 Å². The first-order valence-corrected chi connectivity index (χ1v) is 4.77. The summed E-state index contributed by atoms with van der Waals surface area (Å²) in [6, 6.07) is 6.30. The first kappa shape index (κ1) is 9.00. The maximum absolute atomic E-state index is 8.69. The molecule has 1 aromatic rings. The van der Waals surface area contributed by atoms with E-state index in [1.807, 2.05) is 12.1 Å². The number of benzene rings is 1. The van der Waals surface area contributed by atoms with Crippen LogP contribution in [0.5, 0.6) is 0 Å². The Hall–Kier alpha value is -1.57. The smallest absolute Gasteiger partial charge is 0.0617 e. The number of oxime groups is 1. The van der Waals surface area contributed by atoms with Crippen molar-refractivity contribution in [2.45, 2.75) is 19.3 Å². The van der Waals surface area contributed by atoms with Crippen molar-refractivity contribution in [1.82, 2.24) is 0 Å². The van der Waals surface area contributed by atoms with Gasteiger partial charge in [0.2, 0.25) is 0 Å². The molecule has 1 aliphatic rings. The highest BCUT2D eigenvalue weighted by molar-refractivity contribution is 5.88. The molecule has 1 aromatic carbocycles. The molecule has 0 aliphatic heterocycles. The van der Waals surface area contributed by atoms with Gasteiger partial charge < -0.3 is 5.21 Å². The molecule has 2 rings (SSSR count). The highest BCUT2D eigenvalue weighted by Gasteiger charge is 2.14. The third-order valence-electron chi connectivity index (χ3n) is 2.68. The van der Waals surface area contributed by atoms with Crippen LogP contribution in [0.2, 0.25) is 0 Å². The molecule has 0 saturated carbocycles. The third kappa shape index (κ3) is 1.55. The Kier molecular flexibility index (Phi) is 2.35. The van der Waals surface area contributed by atoms with Crippen LogP contribution in [0.3, 0.4) is 0 Å². The predicted molar refractivity (Wildman–Crippen MR) is 57.8 cm³/mol. The van der Waals surface area contributed by atoms with Crippen molar-refractivity contribution >= 4 is 11.8 Å². The van der Waals surface area contributed by atoms with Gasteiger partial charge in [0.25, 0.3) is 0 Å². The van der Waals surface area contributed by atoms with Gasteiger partial charge in [-0.05, 0) is 29.5 Å². The predicted octanol–water partition coefficient (Wildman–Crippen LogP) is 2.65. The standard InChI is InChI=1S/C12H13NO/c1-2-9-3-4-11-8-12(13-14)6-5-10(11)7-9/h2-4,7,14H,1,5-6,8H2/b13-12+. The lowest BCUT2D eigenvalue weighted by Crippen LogP contribution is -2.13. The fourth-order valence-electron chi connectivity index (χ4n) is 1.85. The summed E-state index contributed by atoms with van der Waals surface area (Å²) < 4.78 is 0. The number of hydrogen-bond donors (Lipinski definition) is 1. The maximum Gasteiger partial charge on any atom is 0.0617 e. The summed E-state index contributed by atoms with van der Waals surface area (Å²) in [5.41, 5.74) is 4.67. The van der Waals surface area contributed by atoms with E-state index in [2.05, 4.69) is 23.9 Å². The maximum atomic E-state index is 8.69. The largest absolute Gasteiger partial charge is 0.411 e. The summed E-state index contributed by atoms with van der Waals surface area (Å²) >= 11 is 0. The Balaban J connectivity index is 2.36. The molecule has 0 saturated heterocycles. The van der Waals surface area contributed by atoms with Crippen molar-refractivity contribution in [3.8, 4) is 0 Å². The lowest BCUT2D eigenvalue weighted by molar-refractivity contribution is 0.316. The minimum Gasteiger partial charge on any atom is -0.411 e. The van der Waals surface area contributed by atoms with E-state index in [0.29, 0.717) is 0 Å². The highest BCUT2D eigenvalue weighted by Crippen LogP contribution is 2.21. The van der Waals surface area contributed by atoms with Crippen LogP contribution in [-0.2, 0) is 12.8 Å². The molecule has 0 heterocycles. The van der Waals surface area contributed by atoms with Gasteiger partial charge in [0, 0.05) is 6.42 Å². The summed E-state index contributed by atoms with van der Waals surface area (Å²) in [6.07, 6.45) is 4.47. The average Bonchev–Trinajstić information content (AvgIpc) is 2.27. The van der Waals surface area contributed by atoms with Gasteiger partial charge in [-0.3, -0.25) is 0 Å². The molecule has 0 spiro atoms. The van der Waals surface area contributed by atoms with Crippen molar-refractivity contribution in [3.63, 3.8) is 0 Å². The normalized spacial score (nSPS) is 17.9. The quantitative estimate of drug-likeness (QED) is 0.532. The van der Waals surface area contributed by atoms with Crippen molar-refractivity contribution in [1.29, 1.82) is 0 Å². The molecule has 72 valence electrons. The minimum atomic E-state index is 0.781. The number of aryl methyl sites for hydroxylation is 1. The van der Waals surface area contributed by atoms with E-state index in [9.17, 15) is 0 Å². The second-order valence-corrected chi connectivity index (χ2v) is 3.58. The Bertz CT molecular complexity index is 393. The number of hydrogen-bond acceptors (Lipinski definition) is 2. The van der Waals surface area contributed by atoms with Gasteiger partial charge in [-0.25, -0.2) is 0 Å². The van der Waals surface area contributed by atoms with E-state index in [1.54, 1.807) is 0 Å². The van der Waals surface area contributed by atoms with Gasteiger partial charge >= 0.3 is 0 Å². The summed E-state index contributed by atoms with van der Waals surface area (Å²) in [6.45, 7) is 3.75. The minimum absolute atomic E-state index is 0.781. The molecule has 0 bridgehead atoms. The van der Waals surface area contributed by atoms with Crippen LogP contribution < -0.4 is 0 Å². The fraction of sp³-hybridized carbons (Fsp3) is 0.250. The molecule has 0 fully saturated rings. The van der Waals surface area contributed by atoms with Gasteiger partial charge in [0.05, 0.1) is 5.71 Å². The van der Waals surface area contributed by atoms with E-state index >= 15 is 0 Å². The van der Waals surface area contributed by atoms with Crippen molar-refractivity contribution in [2.75, 3.05) is 0 Å². The Labute approximate surface area is 83.6 Å².